The molecule has 2 aliphatic rings. The number of anilines is 1. The Bertz CT molecular complexity index is 463. The summed E-state index contributed by atoms with van der Waals surface area (Å²) in [7, 11) is 0. The summed E-state index contributed by atoms with van der Waals surface area (Å²) in [6, 6.07) is 6.20. The summed E-state index contributed by atoms with van der Waals surface area (Å²) in [6.07, 6.45) is 6.54. The molecule has 4 heteroatoms. The fourth-order valence-corrected chi connectivity index (χ4v) is 4.25. The highest BCUT2D eigenvalue weighted by atomic mass is 35.5. The van der Waals surface area contributed by atoms with E-state index in [1.165, 1.54) is 32.1 Å². The molecule has 1 atom stereocenters. The Morgan fingerprint density at radius 2 is 1.80 bits per heavy atom. The zero-order valence-electron chi connectivity index (χ0n) is 12.0. The third-order valence-corrected chi connectivity index (χ3v) is 5.42. The van der Waals surface area contributed by atoms with Crippen LogP contribution in [0.5, 0.6) is 0 Å². The normalized spacial score (nSPS) is 25.9. The van der Waals surface area contributed by atoms with Crippen LogP contribution >= 0.6 is 23.2 Å². The molecule has 1 unspecified atom stereocenters. The zero-order valence-corrected chi connectivity index (χ0v) is 13.5. The van der Waals surface area contributed by atoms with Gasteiger partial charge in [0.1, 0.15) is 0 Å². The molecule has 1 saturated carbocycles. The molecule has 1 saturated heterocycles. The first-order valence-corrected chi connectivity index (χ1v) is 8.33. The minimum absolute atomic E-state index is 0.257. The van der Waals surface area contributed by atoms with Crippen molar-refractivity contribution < 1.29 is 0 Å². The van der Waals surface area contributed by atoms with E-state index in [9.17, 15) is 0 Å². The average Bonchev–Trinajstić information content (AvgIpc) is 2.44. The van der Waals surface area contributed by atoms with E-state index in [2.05, 4.69) is 17.1 Å². The molecule has 1 heterocycles. The number of hydrogen-bond donors (Lipinski definition) is 1. The van der Waals surface area contributed by atoms with E-state index in [0.717, 1.165) is 28.8 Å². The van der Waals surface area contributed by atoms with Gasteiger partial charge >= 0.3 is 0 Å². The van der Waals surface area contributed by atoms with Crippen molar-refractivity contribution in [2.45, 2.75) is 50.6 Å². The van der Waals surface area contributed by atoms with Crippen molar-refractivity contribution in [3.05, 3.63) is 28.2 Å². The number of hydrogen-bond acceptors (Lipinski definition) is 2. The largest absolute Gasteiger partial charge is 0.363 e. The van der Waals surface area contributed by atoms with E-state index < -0.39 is 0 Å². The van der Waals surface area contributed by atoms with Crippen LogP contribution in [0.25, 0.3) is 0 Å². The van der Waals surface area contributed by atoms with Crippen LogP contribution in [0.3, 0.4) is 0 Å². The Balaban J connectivity index is 1.91. The summed E-state index contributed by atoms with van der Waals surface area (Å²) < 4.78 is 0. The Kier molecular flexibility index (Phi) is 4.16. The van der Waals surface area contributed by atoms with E-state index in [1.807, 2.05) is 18.2 Å². The van der Waals surface area contributed by atoms with Crippen LogP contribution in [0.2, 0.25) is 10.0 Å². The maximum atomic E-state index is 6.41. The van der Waals surface area contributed by atoms with E-state index in [4.69, 9.17) is 23.2 Å². The van der Waals surface area contributed by atoms with Crippen LogP contribution in [-0.2, 0) is 0 Å². The lowest BCUT2D eigenvalue weighted by Crippen LogP contribution is -2.64. The van der Waals surface area contributed by atoms with Crippen LogP contribution in [0, 0.1) is 0 Å². The first-order chi connectivity index (χ1) is 9.61. The quantitative estimate of drug-likeness (QED) is 0.821. The van der Waals surface area contributed by atoms with Crippen molar-refractivity contribution in [2.24, 2.45) is 0 Å². The molecule has 0 bridgehead atoms. The standard InChI is InChI=1S/C16H22Cl2N2/c1-12-10-19-16(8-3-2-4-9-16)11-20(12)15-13(17)6-5-7-14(15)18/h5-7,12,19H,2-4,8-11H2,1H3. The summed E-state index contributed by atoms with van der Waals surface area (Å²) in [4.78, 5) is 2.41. The molecule has 1 aromatic rings. The lowest BCUT2D eigenvalue weighted by molar-refractivity contribution is 0.200. The molecule has 0 aromatic heterocycles. The van der Waals surface area contributed by atoms with E-state index >= 15 is 0 Å². The van der Waals surface area contributed by atoms with Gasteiger partial charge < -0.3 is 10.2 Å². The highest BCUT2D eigenvalue weighted by molar-refractivity contribution is 6.39. The highest BCUT2D eigenvalue weighted by Gasteiger charge is 2.39. The summed E-state index contributed by atoms with van der Waals surface area (Å²) in [6.45, 7) is 4.25. The number of piperazine rings is 1. The summed E-state index contributed by atoms with van der Waals surface area (Å²) in [5, 5.41) is 5.32. The number of nitrogens with zero attached hydrogens (tertiary/aromatic N) is 1. The Labute approximate surface area is 131 Å². The summed E-state index contributed by atoms with van der Waals surface area (Å²) in [5.41, 5.74) is 1.27. The van der Waals surface area contributed by atoms with Gasteiger partial charge in [0.2, 0.25) is 0 Å². The number of benzene rings is 1. The van der Waals surface area contributed by atoms with Crippen molar-refractivity contribution in [3.8, 4) is 0 Å². The fraction of sp³-hybridized carbons (Fsp3) is 0.625. The van der Waals surface area contributed by atoms with Gasteiger partial charge in [-0.3, -0.25) is 0 Å². The topological polar surface area (TPSA) is 15.3 Å². The zero-order chi connectivity index (χ0) is 14.2. The van der Waals surface area contributed by atoms with E-state index in [1.54, 1.807) is 0 Å². The maximum absolute atomic E-state index is 6.41. The average molecular weight is 313 g/mol. The molecule has 2 fully saturated rings. The number of para-hydroxylation sites is 1. The first kappa shape index (κ1) is 14.5. The van der Waals surface area contributed by atoms with Crippen molar-refractivity contribution in [3.63, 3.8) is 0 Å². The van der Waals surface area contributed by atoms with Crippen LogP contribution in [0.4, 0.5) is 5.69 Å². The number of rotatable bonds is 1. The second-order valence-electron chi connectivity index (χ2n) is 6.27. The molecule has 0 amide bonds. The van der Waals surface area contributed by atoms with Crippen LogP contribution < -0.4 is 10.2 Å². The van der Waals surface area contributed by atoms with E-state index in [-0.39, 0.29) is 5.54 Å². The number of halogens is 2. The van der Waals surface area contributed by atoms with Gasteiger partial charge in [0.05, 0.1) is 15.7 Å². The molecule has 1 N–H and O–H groups in total. The van der Waals surface area contributed by atoms with Gasteiger partial charge in [-0.25, -0.2) is 0 Å². The molecule has 1 aliphatic heterocycles. The van der Waals surface area contributed by atoms with Crippen LogP contribution in [0.1, 0.15) is 39.0 Å². The molecule has 1 aliphatic carbocycles. The van der Waals surface area contributed by atoms with Crippen molar-refractivity contribution in [2.75, 3.05) is 18.0 Å². The third kappa shape index (κ3) is 2.66. The SMILES string of the molecule is CC1CNC2(CCCCC2)CN1c1c(Cl)cccc1Cl. The first-order valence-electron chi connectivity index (χ1n) is 7.57. The predicted octanol–water partition coefficient (Wildman–Crippen LogP) is 4.49. The molecular weight excluding hydrogens is 291 g/mol. The van der Waals surface area contributed by atoms with Crippen LogP contribution in [-0.4, -0.2) is 24.7 Å². The van der Waals surface area contributed by atoms with Crippen molar-refractivity contribution in [1.29, 1.82) is 0 Å². The number of nitrogens with one attached hydrogen (secondary N) is 1. The lowest BCUT2D eigenvalue weighted by atomic mass is 9.79. The highest BCUT2D eigenvalue weighted by Crippen LogP contribution is 2.39. The van der Waals surface area contributed by atoms with Gasteiger partial charge in [-0.05, 0) is 31.9 Å². The minimum atomic E-state index is 0.257. The molecular formula is C16H22Cl2N2. The minimum Gasteiger partial charge on any atom is -0.363 e. The molecule has 1 aromatic carbocycles. The molecule has 20 heavy (non-hydrogen) atoms. The van der Waals surface area contributed by atoms with Gasteiger partial charge in [-0.2, -0.15) is 0 Å². The summed E-state index contributed by atoms with van der Waals surface area (Å²) >= 11 is 12.8. The molecule has 1 spiro atoms. The molecule has 2 nitrogen and oxygen atoms in total. The second kappa shape index (κ2) is 5.75. The summed E-state index contributed by atoms with van der Waals surface area (Å²) in [5.74, 6) is 0. The van der Waals surface area contributed by atoms with E-state index in [0.29, 0.717) is 6.04 Å². The Hall–Kier alpha value is -0.440. The lowest BCUT2D eigenvalue weighted by Gasteiger charge is -2.50. The second-order valence-corrected chi connectivity index (χ2v) is 7.08. The van der Waals surface area contributed by atoms with Crippen molar-refractivity contribution >= 4 is 28.9 Å². The van der Waals surface area contributed by atoms with Gasteiger partial charge in [0.25, 0.3) is 0 Å². The smallest absolute Gasteiger partial charge is 0.0748 e. The van der Waals surface area contributed by atoms with Crippen molar-refractivity contribution in [1.82, 2.24) is 5.32 Å². The molecule has 3 rings (SSSR count). The monoisotopic (exact) mass is 312 g/mol. The third-order valence-electron chi connectivity index (χ3n) is 4.81. The maximum Gasteiger partial charge on any atom is 0.0748 e. The Morgan fingerprint density at radius 3 is 2.45 bits per heavy atom. The van der Waals surface area contributed by atoms with Gasteiger partial charge in [-0.1, -0.05) is 48.5 Å². The predicted molar refractivity (Wildman–Crippen MR) is 87.1 cm³/mol. The Morgan fingerprint density at radius 1 is 1.15 bits per heavy atom. The van der Waals surface area contributed by atoms with Crippen LogP contribution in [0.15, 0.2) is 18.2 Å². The molecule has 110 valence electrons. The molecule has 0 radical (unpaired) electrons. The van der Waals surface area contributed by atoms with Gasteiger partial charge in [-0.15, -0.1) is 0 Å². The fourth-order valence-electron chi connectivity index (χ4n) is 3.64. The van der Waals surface area contributed by atoms with Gasteiger partial charge in [0.15, 0.2) is 0 Å². The van der Waals surface area contributed by atoms with Gasteiger partial charge in [0, 0.05) is 24.7 Å².